The highest BCUT2D eigenvalue weighted by Gasteiger charge is 2.43. The summed E-state index contributed by atoms with van der Waals surface area (Å²) in [5.74, 6) is 0.359. The summed E-state index contributed by atoms with van der Waals surface area (Å²) in [5.41, 5.74) is 1.61. The Labute approximate surface area is 169 Å². The zero-order valence-corrected chi connectivity index (χ0v) is 16.1. The van der Waals surface area contributed by atoms with Crippen molar-refractivity contribution in [2.24, 2.45) is 4.99 Å². The maximum atomic E-state index is 13.2. The van der Waals surface area contributed by atoms with Gasteiger partial charge in [-0.15, -0.1) is 0 Å². The fourth-order valence-corrected chi connectivity index (χ4v) is 3.91. The zero-order valence-electron chi connectivity index (χ0n) is 16.1. The molecule has 1 atom stereocenters. The van der Waals surface area contributed by atoms with Crippen LogP contribution in [0, 0.1) is 5.82 Å². The minimum atomic E-state index is -0.825. The summed E-state index contributed by atoms with van der Waals surface area (Å²) in [7, 11) is 0. The van der Waals surface area contributed by atoms with E-state index in [0.717, 1.165) is 23.2 Å². The minimum Gasteiger partial charge on any atom is -0.437 e. The number of hydrogen-bond donors (Lipinski definition) is 1. The van der Waals surface area contributed by atoms with Gasteiger partial charge in [-0.2, -0.15) is 0 Å². The first kappa shape index (κ1) is 19.3. The van der Waals surface area contributed by atoms with E-state index in [1.165, 1.54) is 12.1 Å². The van der Waals surface area contributed by atoms with E-state index in [2.05, 4.69) is 4.99 Å². The smallest absolute Gasteiger partial charge is 0.416 e. The number of aliphatic hydroxyl groups excluding tert-OH is 1. The van der Waals surface area contributed by atoms with Crippen LogP contribution in [-0.2, 0) is 10.3 Å². The normalized spacial score (nSPS) is 22.0. The summed E-state index contributed by atoms with van der Waals surface area (Å²) in [6.07, 6.45) is 3.84. The molecule has 29 heavy (non-hydrogen) atoms. The average Bonchev–Trinajstić information content (AvgIpc) is 2.75. The van der Waals surface area contributed by atoms with Crippen molar-refractivity contribution in [3.05, 3.63) is 77.6 Å². The van der Waals surface area contributed by atoms with Gasteiger partial charge in [0.15, 0.2) is 0 Å². The molecule has 2 aromatic carbocycles. The van der Waals surface area contributed by atoms with Crippen LogP contribution in [0.5, 0.6) is 0 Å². The topological polar surface area (TPSA) is 62.1 Å². The SMILES string of the molecule is O=C1O[C@@](CCO)(c2ccccc2)CCN1C1=NC(c2ccc(F)cc2)=CCC1. The van der Waals surface area contributed by atoms with E-state index in [0.29, 0.717) is 31.6 Å². The number of carbonyl (C=O) groups is 1. The summed E-state index contributed by atoms with van der Waals surface area (Å²) >= 11 is 0. The third kappa shape index (κ3) is 3.93. The molecule has 0 saturated carbocycles. The van der Waals surface area contributed by atoms with E-state index < -0.39 is 11.7 Å². The molecule has 0 unspecified atom stereocenters. The van der Waals surface area contributed by atoms with Crippen LogP contribution in [0.25, 0.3) is 5.70 Å². The number of allylic oxidation sites excluding steroid dienone is 1. The molecule has 2 heterocycles. The highest BCUT2D eigenvalue weighted by molar-refractivity contribution is 5.99. The van der Waals surface area contributed by atoms with Crippen LogP contribution in [0.15, 0.2) is 65.7 Å². The molecule has 0 bridgehead atoms. The van der Waals surface area contributed by atoms with Gasteiger partial charge < -0.3 is 9.84 Å². The Morgan fingerprint density at radius 1 is 1.14 bits per heavy atom. The van der Waals surface area contributed by atoms with E-state index in [1.807, 2.05) is 36.4 Å². The minimum absolute atomic E-state index is 0.0689. The number of benzene rings is 2. The van der Waals surface area contributed by atoms with Crippen molar-refractivity contribution in [1.29, 1.82) is 0 Å². The number of nitrogens with zero attached hydrogens (tertiary/aromatic N) is 2. The molecule has 1 saturated heterocycles. The molecule has 4 rings (SSSR count). The van der Waals surface area contributed by atoms with Gasteiger partial charge in [0.2, 0.25) is 0 Å². The Bertz CT molecular complexity index is 940. The molecule has 1 fully saturated rings. The Morgan fingerprint density at radius 2 is 1.90 bits per heavy atom. The van der Waals surface area contributed by atoms with Gasteiger partial charge in [-0.1, -0.05) is 36.4 Å². The lowest BCUT2D eigenvalue weighted by Gasteiger charge is -2.41. The van der Waals surface area contributed by atoms with Gasteiger partial charge >= 0.3 is 6.09 Å². The van der Waals surface area contributed by atoms with Gasteiger partial charge in [-0.25, -0.2) is 14.2 Å². The van der Waals surface area contributed by atoms with Crippen molar-refractivity contribution in [1.82, 2.24) is 4.90 Å². The summed E-state index contributed by atoms with van der Waals surface area (Å²) < 4.78 is 19.1. The van der Waals surface area contributed by atoms with Crippen LogP contribution in [0.4, 0.5) is 9.18 Å². The number of aliphatic imine (C=N–C) groups is 1. The fourth-order valence-electron chi connectivity index (χ4n) is 3.91. The lowest BCUT2D eigenvalue weighted by atomic mass is 9.86. The second-order valence-electron chi connectivity index (χ2n) is 7.27. The van der Waals surface area contributed by atoms with Crippen LogP contribution in [0.1, 0.15) is 36.8 Å². The number of ether oxygens (including phenoxy) is 1. The van der Waals surface area contributed by atoms with Gasteiger partial charge in [0, 0.05) is 38.0 Å². The molecule has 0 radical (unpaired) electrons. The number of halogens is 1. The molecule has 0 spiro atoms. The molecule has 1 amide bonds. The summed E-state index contributed by atoms with van der Waals surface area (Å²) in [6.45, 7) is 0.393. The van der Waals surface area contributed by atoms with E-state index >= 15 is 0 Å². The zero-order chi connectivity index (χ0) is 20.3. The second-order valence-corrected chi connectivity index (χ2v) is 7.27. The predicted molar refractivity (Wildman–Crippen MR) is 109 cm³/mol. The Morgan fingerprint density at radius 3 is 2.59 bits per heavy atom. The van der Waals surface area contributed by atoms with E-state index in [9.17, 15) is 14.3 Å². The first-order valence-electron chi connectivity index (χ1n) is 9.82. The number of rotatable bonds is 4. The average molecular weight is 394 g/mol. The standard InChI is InChI=1S/C23H23FN2O3/c24-19-11-9-17(10-12-19)20-7-4-8-21(25-20)26-15-13-23(14-16-27,29-22(26)28)18-5-2-1-3-6-18/h1-3,5-7,9-12,27H,4,8,13-16H2/t23-/m0/s1. The highest BCUT2D eigenvalue weighted by Crippen LogP contribution is 2.38. The quantitative estimate of drug-likeness (QED) is 0.832. The summed E-state index contributed by atoms with van der Waals surface area (Å²) in [6, 6.07) is 15.7. The molecular formula is C23H23FN2O3. The molecule has 150 valence electrons. The van der Waals surface area contributed by atoms with Gasteiger partial charge in [0.1, 0.15) is 17.3 Å². The lowest BCUT2D eigenvalue weighted by Crippen LogP contribution is -2.50. The number of hydrogen-bond acceptors (Lipinski definition) is 4. The molecular weight excluding hydrogens is 371 g/mol. The number of aliphatic hydroxyl groups is 1. The molecule has 6 heteroatoms. The Kier molecular flexibility index (Phi) is 5.45. The third-order valence-corrected chi connectivity index (χ3v) is 5.46. The van der Waals surface area contributed by atoms with E-state index in [1.54, 1.807) is 17.0 Å². The second kappa shape index (κ2) is 8.17. The first-order valence-corrected chi connectivity index (χ1v) is 9.82. The van der Waals surface area contributed by atoms with Crippen molar-refractivity contribution in [2.75, 3.05) is 13.2 Å². The number of carbonyl (C=O) groups excluding carboxylic acids is 1. The molecule has 5 nitrogen and oxygen atoms in total. The Hall–Kier alpha value is -2.99. The largest absolute Gasteiger partial charge is 0.437 e. The van der Waals surface area contributed by atoms with Crippen LogP contribution >= 0.6 is 0 Å². The highest BCUT2D eigenvalue weighted by atomic mass is 19.1. The van der Waals surface area contributed by atoms with Crippen molar-refractivity contribution >= 4 is 17.6 Å². The monoisotopic (exact) mass is 394 g/mol. The van der Waals surface area contributed by atoms with Crippen molar-refractivity contribution in [3.8, 4) is 0 Å². The lowest BCUT2D eigenvalue weighted by molar-refractivity contribution is -0.0528. The Balaban J connectivity index is 1.56. The summed E-state index contributed by atoms with van der Waals surface area (Å²) in [4.78, 5) is 19.1. The maximum Gasteiger partial charge on any atom is 0.416 e. The van der Waals surface area contributed by atoms with Crippen LogP contribution in [-0.4, -0.2) is 35.1 Å². The summed E-state index contributed by atoms with van der Waals surface area (Å²) in [5, 5.41) is 9.56. The van der Waals surface area contributed by atoms with Gasteiger partial charge in [-0.05, 0) is 36.2 Å². The van der Waals surface area contributed by atoms with Crippen molar-refractivity contribution in [3.63, 3.8) is 0 Å². The van der Waals surface area contributed by atoms with Gasteiger partial charge in [0.25, 0.3) is 0 Å². The fraction of sp³-hybridized carbons (Fsp3) is 0.304. The van der Waals surface area contributed by atoms with Crippen LogP contribution in [0.3, 0.4) is 0 Å². The molecule has 2 aromatic rings. The van der Waals surface area contributed by atoms with Crippen LogP contribution < -0.4 is 0 Å². The number of amidine groups is 1. The predicted octanol–water partition coefficient (Wildman–Crippen LogP) is 4.48. The first-order chi connectivity index (χ1) is 14.1. The van der Waals surface area contributed by atoms with Crippen molar-refractivity contribution in [2.45, 2.75) is 31.3 Å². The van der Waals surface area contributed by atoms with E-state index in [4.69, 9.17) is 4.74 Å². The maximum absolute atomic E-state index is 13.2. The molecule has 2 aliphatic heterocycles. The number of cyclic esters (lactones) is 1. The van der Waals surface area contributed by atoms with Crippen molar-refractivity contribution < 1.29 is 19.0 Å². The molecule has 0 aliphatic carbocycles. The third-order valence-electron chi connectivity index (χ3n) is 5.46. The molecule has 0 aromatic heterocycles. The number of amides is 1. The van der Waals surface area contributed by atoms with Crippen LogP contribution in [0.2, 0.25) is 0 Å². The molecule has 2 aliphatic rings. The van der Waals surface area contributed by atoms with Gasteiger partial charge in [0.05, 0.1) is 5.70 Å². The van der Waals surface area contributed by atoms with E-state index in [-0.39, 0.29) is 12.4 Å². The van der Waals surface area contributed by atoms with Gasteiger partial charge in [-0.3, -0.25) is 4.90 Å². The molecule has 1 N–H and O–H groups in total.